The monoisotopic (exact) mass is 731 g/mol. The van der Waals surface area contributed by atoms with Gasteiger partial charge in [-0.15, -0.1) is 0 Å². The van der Waals surface area contributed by atoms with Crippen molar-refractivity contribution in [2.24, 2.45) is 4.99 Å². The van der Waals surface area contributed by atoms with Crippen molar-refractivity contribution in [1.29, 1.82) is 0 Å². The van der Waals surface area contributed by atoms with Crippen molar-refractivity contribution in [3.05, 3.63) is 136 Å². The van der Waals surface area contributed by atoms with Crippen molar-refractivity contribution < 1.29 is 23.7 Å². The van der Waals surface area contributed by atoms with Crippen LogP contribution in [0.3, 0.4) is 0 Å². The zero-order valence-electron chi connectivity index (χ0n) is 28.2. The molecule has 3 heterocycles. The number of aryl methyl sites for hydroxylation is 1. The minimum atomic E-state index is -0.778. The molecule has 6 rings (SSSR count). The molecule has 9 nitrogen and oxygen atoms in total. The normalized spacial score (nSPS) is 14.1. The first-order valence-electron chi connectivity index (χ1n) is 16.0. The molecule has 0 radical (unpaired) electrons. The molecule has 2 aromatic heterocycles. The van der Waals surface area contributed by atoms with Crippen LogP contribution in [0.2, 0.25) is 10.0 Å². The van der Waals surface area contributed by atoms with E-state index in [4.69, 9.17) is 42.1 Å². The van der Waals surface area contributed by atoms with E-state index in [1.165, 1.54) is 24.6 Å². The van der Waals surface area contributed by atoms with Crippen LogP contribution in [-0.4, -0.2) is 35.4 Å². The molecule has 0 bridgehead atoms. The number of ether oxygens (including phenoxy) is 4. The van der Waals surface area contributed by atoms with E-state index >= 15 is 0 Å². The lowest BCUT2D eigenvalue weighted by molar-refractivity contribution is -0.136. The Morgan fingerprint density at radius 3 is 2.38 bits per heavy atom. The quantitative estimate of drug-likeness (QED) is 0.135. The molecule has 0 aliphatic carbocycles. The molecular weight excluding hydrogens is 697 g/mol. The van der Waals surface area contributed by atoms with Crippen LogP contribution in [0.4, 0.5) is 0 Å². The van der Waals surface area contributed by atoms with Crippen molar-refractivity contribution in [3.63, 3.8) is 0 Å². The first-order chi connectivity index (χ1) is 24.1. The van der Waals surface area contributed by atoms with E-state index in [2.05, 4.69) is 9.56 Å². The number of aromatic nitrogens is 2. The fourth-order valence-electron chi connectivity index (χ4n) is 5.95. The predicted octanol–water partition coefficient (Wildman–Crippen LogP) is 7.11. The molecular formula is C38H35Cl2N3O6S. The Morgan fingerprint density at radius 2 is 1.68 bits per heavy atom. The summed E-state index contributed by atoms with van der Waals surface area (Å²) in [6, 6.07) is 19.8. The highest BCUT2D eigenvalue weighted by molar-refractivity contribution is 7.07. The van der Waals surface area contributed by atoms with Gasteiger partial charge in [0.25, 0.3) is 5.56 Å². The van der Waals surface area contributed by atoms with Crippen molar-refractivity contribution >= 4 is 46.6 Å². The van der Waals surface area contributed by atoms with Crippen LogP contribution in [0.25, 0.3) is 11.8 Å². The molecule has 12 heteroatoms. The number of fused-ring (bicyclic) bond motifs is 1. The Balaban J connectivity index is 1.34. The van der Waals surface area contributed by atoms with Gasteiger partial charge in [0.05, 0.1) is 36.5 Å². The highest BCUT2D eigenvalue weighted by atomic mass is 35.5. The number of carbonyl (C=O) groups is 1. The van der Waals surface area contributed by atoms with Crippen molar-refractivity contribution in [3.8, 4) is 22.9 Å². The molecule has 5 aromatic rings. The molecule has 1 aliphatic rings. The standard InChI is InChI=1S/C38H35Cl2N3O6S/c1-6-47-32-15-9-24(17-33(32)48-7-2)35-30(37(45)46-5)20-41-38-43(35)36(44)34(50-38)18-26-16-22(3)42(23(26)4)28-11-13-29(14-12-28)49-21-25-8-10-27(39)19-31(25)40/h8-20,35H,6-7,21H2,1-5H3/b34-18+/t35-/m0/s1. The zero-order chi connectivity index (χ0) is 35.5. The molecule has 1 aliphatic heterocycles. The SMILES string of the molecule is CCOc1ccc([C@H]2C(C(=O)OC)=CN=c3s/c(=C/c4cc(C)n(-c5ccc(OCc6ccc(Cl)cc6Cl)cc5)c4C)c(=O)n32)cc1OCC. The van der Waals surface area contributed by atoms with Crippen LogP contribution in [0, 0.1) is 13.8 Å². The van der Waals surface area contributed by atoms with E-state index in [-0.39, 0.29) is 11.1 Å². The van der Waals surface area contributed by atoms with Gasteiger partial charge in [-0.25, -0.2) is 9.79 Å². The van der Waals surface area contributed by atoms with Gasteiger partial charge in [0.2, 0.25) is 0 Å². The highest BCUT2D eigenvalue weighted by Crippen LogP contribution is 2.35. The second-order valence-corrected chi connectivity index (χ2v) is 13.3. The van der Waals surface area contributed by atoms with Gasteiger partial charge in [-0.3, -0.25) is 9.36 Å². The van der Waals surface area contributed by atoms with Gasteiger partial charge in [-0.05, 0) is 99.5 Å². The molecule has 0 spiro atoms. The molecule has 3 aromatic carbocycles. The van der Waals surface area contributed by atoms with E-state index < -0.39 is 12.0 Å². The summed E-state index contributed by atoms with van der Waals surface area (Å²) in [5, 5.41) is 1.13. The van der Waals surface area contributed by atoms with Crippen LogP contribution in [0.15, 0.2) is 88.3 Å². The third-order valence-corrected chi connectivity index (χ3v) is 9.85. The maximum atomic E-state index is 14.2. The zero-order valence-corrected chi connectivity index (χ0v) is 30.5. The second-order valence-electron chi connectivity index (χ2n) is 11.4. The number of halogens is 2. The topological polar surface area (TPSA) is 93.3 Å². The number of hydrogen-bond donors (Lipinski definition) is 0. The minimum absolute atomic E-state index is 0.236. The lowest BCUT2D eigenvalue weighted by Gasteiger charge is -2.23. The van der Waals surface area contributed by atoms with E-state index in [0.29, 0.717) is 62.0 Å². The summed E-state index contributed by atoms with van der Waals surface area (Å²) < 4.78 is 26.8. The predicted molar refractivity (Wildman–Crippen MR) is 196 cm³/mol. The average molecular weight is 733 g/mol. The number of thiazole rings is 1. The van der Waals surface area contributed by atoms with Gasteiger partial charge < -0.3 is 23.5 Å². The molecule has 0 amide bonds. The maximum Gasteiger partial charge on any atom is 0.337 e. The largest absolute Gasteiger partial charge is 0.490 e. The number of rotatable bonds is 11. The molecule has 0 N–H and O–H groups in total. The van der Waals surface area contributed by atoms with Crippen LogP contribution < -0.4 is 29.1 Å². The molecule has 50 heavy (non-hydrogen) atoms. The van der Waals surface area contributed by atoms with Crippen molar-refractivity contribution in [2.75, 3.05) is 20.3 Å². The van der Waals surface area contributed by atoms with Crippen LogP contribution in [-0.2, 0) is 16.1 Å². The Hall–Kier alpha value is -4.77. The maximum absolute atomic E-state index is 14.2. The third-order valence-electron chi connectivity index (χ3n) is 8.27. The number of benzene rings is 3. The van der Waals surface area contributed by atoms with Gasteiger partial charge in [0.15, 0.2) is 16.3 Å². The first-order valence-corrected chi connectivity index (χ1v) is 17.6. The Labute approximate surface area is 303 Å². The summed E-state index contributed by atoms with van der Waals surface area (Å²) in [6.45, 7) is 8.99. The van der Waals surface area contributed by atoms with Crippen LogP contribution in [0.5, 0.6) is 17.2 Å². The molecule has 0 unspecified atom stereocenters. The minimum Gasteiger partial charge on any atom is -0.490 e. The Morgan fingerprint density at radius 1 is 0.940 bits per heavy atom. The van der Waals surface area contributed by atoms with Gasteiger partial charge in [0.1, 0.15) is 12.4 Å². The fourth-order valence-corrected chi connectivity index (χ4v) is 7.37. The number of esters is 1. The van der Waals surface area contributed by atoms with E-state index in [9.17, 15) is 9.59 Å². The summed E-state index contributed by atoms with van der Waals surface area (Å²) in [5.41, 5.74) is 5.25. The number of nitrogens with zero attached hydrogens (tertiary/aromatic N) is 3. The van der Waals surface area contributed by atoms with Crippen LogP contribution >= 0.6 is 34.5 Å². The fraction of sp³-hybridized carbons (Fsp3) is 0.237. The van der Waals surface area contributed by atoms with Gasteiger partial charge in [-0.1, -0.05) is 46.7 Å². The molecule has 1 atom stereocenters. The van der Waals surface area contributed by atoms with Gasteiger partial charge in [-0.2, -0.15) is 0 Å². The number of carbonyl (C=O) groups excluding carboxylic acids is 1. The van der Waals surface area contributed by atoms with E-state index in [1.54, 1.807) is 28.8 Å². The summed E-state index contributed by atoms with van der Waals surface area (Å²) in [6.07, 6.45) is 3.35. The smallest absolute Gasteiger partial charge is 0.337 e. The van der Waals surface area contributed by atoms with E-state index in [0.717, 1.165) is 28.2 Å². The first kappa shape index (κ1) is 35.1. The van der Waals surface area contributed by atoms with Gasteiger partial charge >= 0.3 is 5.97 Å². The van der Waals surface area contributed by atoms with Crippen molar-refractivity contribution in [2.45, 2.75) is 40.3 Å². The lowest BCUT2D eigenvalue weighted by Crippen LogP contribution is -2.39. The van der Waals surface area contributed by atoms with E-state index in [1.807, 2.05) is 76.2 Å². The lowest BCUT2D eigenvalue weighted by atomic mass is 9.97. The highest BCUT2D eigenvalue weighted by Gasteiger charge is 2.31. The second kappa shape index (κ2) is 15.0. The summed E-state index contributed by atoms with van der Waals surface area (Å²) in [7, 11) is 1.31. The average Bonchev–Trinajstić information content (AvgIpc) is 3.58. The Bertz CT molecular complexity index is 2290. The third kappa shape index (κ3) is 6.96. The van der Waals surface area contributed by atoms with Crippen LogP contribution in [0.1, 0.15) is 48.0 Å². The summed E-state index contributed by atoms with van der Waals surface area (Å²) in [4.78, 5) is 32.1. The number of hydrogen-bond acceptors (Lipinski definition) is 8. The molecule has 258 valence electrons. The molecule has 0 fully saturated rings. The molecule has 0 saturated heterocycles. The number of methoxy groups -OCH3 is 1. The van der Waals surface area contributed by atoms with Gasteiger partial charge in [0, 0.05) is 38.9 Å². The Kier molecular flexibility index (Phi) is 10.5. The summed E-state index contributed by atoms with van der Waals surface area (Å²) >= 11 is 13.6. The molecule has 0 saturated carbocycles. The summed E-state index contributed by atoms with van der Waals surface area (Å²) in [5.74, 6) is 1.22. The van der Waals surface area contributed by atoms with Crippen molar-refractivity contribution in [1.82, 2.24) is 9.13 Å².